The Morgan fingerprint density at radius 2 is 2.06 bits per heavy atom. The number of aromatic nitrogens is 3. The lowest BCUT2D eigenvalue weighted by Gasteiger charge is -2.34. The molecule has 184 valence electrons. The zero-order valence-corrected chi connectivity index (χ0v) is 20.0. The number of aliphatic hydroxyl groups is 1. The lowest BCUT2D eigenvalue weighted by atomic mass is 9.88. The number of nitrogens with zero attached hydrogens (tertiary/aromatic N) is 3. The predicted octanol–water partition coefficient (Wildman–Crippen LogP) is 2.18. The number of carbonyl (C=O) groups excluding carboxylic acids is 1. The van der Waals surface area contributed by atoms with Gasteiger partial charge in [-0.15, -0.1) is 0 Å². The minimum atomic E-state index is -0.514. The molecule has 5 rings (SSSR count). The topological polar surface area (TPSA) is 131 Å². The van der Waals surface area contributed by atoms with Crippen LogP contribution in [0.2, 0.25) is 5.02 Å². The summed E-state index contributed by atoms with van der Waals surface area (Å²) in [7, 11) is 1.59. The molecule has 1 aliphatic heterocycles. The molecule has 0 spiro atoms. The number of hydrogen-bond acceptors (Lipinski definition) is 9. The second kappa shape index (κ2) is 10.3. The largest absolute Gasteiger partial charge is 0.481 e. The van der Waals surface area contributed by atoms with E-state index in [1.807, 2.05) is 24.3 Å². The smallest absolute Gasteiger partial charge is 0.263 e. The van der Waals surface area contributed by atoms with E-state index in [4.69, 9.17) is 21.1 Å². The van der Waals surface area contributed by atoms with E-state index in [1.165, 1.54) is 0 Å². The molecule has 0 bridgehead atoms. The number of fused-ring (bicyclic) bond motifs is 2. The van der Waals surface area contributed by atoms with Crippen molar-refractivity contribution in [3.63, 3.8) is 0 Å². The first-order valence-corrected chi connectivity index (χ1v) is 11.9. The zero-order chi connectivity index (χ0) is 24.4. The van der Waals surface area contributed by atoms with Crippen LogP contribution < -0.4 is 25.4 Å². The van der Waals surface area contributed by atoms with Gasteiger partial charge in [0, 0.05) is 47.2 Å². The van der Waals surface area contributed by atoms with Gasteiger partial charge in [-0.05, 0) is 31.4 Å². The third-order valence-electron chi connectivity index (χ3n) is 6.41. The van der Waals surface area contributed by atoms with Gasteiger partial charge >= 0.3 is 0 Å². The van der Waals surface area contributed by atoms with Crippen molar-refractivity contribution >= 4 is 34.2 Å². The summed E-state index contributed by atoms with van der Waals surface area (Å²) in [6.07, 6.45) is 3.41. The first-order chi connectivity index (χ1) is 17.0. The average molecular weight is 499 g/mol. The van der Waals surface area contributed by atoms with E-state index in [0.29, 0.717) is 47.8 Å². The summed E-state index contributed by atoms with van der Waals surface area (Å²) in [5.74, 6) is 0.958. The highest BCUT2D eigenvalue weighted by Crippen LogP contribution is 2.28. The standard InChI is InChI=1S/C24H27ClN6O4/c1-34-21-7-3-13-2-5-17(25)16(22(13)31-21)11-27-18-6-4-14(8-19(18)32)26-9-15-10-28-24-23(29-15)30-20(33)12-35-24/h2-3,5,7,10,14,18-19,26-27,32H,4,6,8-9,11-12H2,1H3,(H,29,30,33)/t14-,18-,19+/m0/s1. The number of amides is 1. The molecule has 1 fully saturated rings. The van der Waals surface area contributed by atoms with E-state index >= 15 is 0 Å². The number of carbonyl (C=O) groups is 1. The highest BCUT2D eigenvalue weighted by Gasteiger charge is 2.29. The van der Waals surface area contributed by atoms with E-state index in [1.54, 1.807) is 13.3 Å². The Bertz CT molecular complexity index is 1240. The van der Waals surface area contributed by atoms with Gasteiger partial charge in [0.25, 0.3) is 11.8 Å². The van der Waals surface area contributed by atoms with Crippen LogP contribution in [0.15, 0.2) is 30.5 Å². The van der Waals surface area contributed by atoms with Gasteiger partial charge < -0.3 is 30.5 Å². The Labute approximate surface area is 207 Å². The Hall–Kier alpha value is -3.05. The fourth-order valence-electron chi connectivity index (χ4n) is 4.53. The fraction of sp³-hybridized carbons (Fsp3) is 0.417. The molecule has 3 heterocycles. The van der Waals surface area contributed by atoms with Gasteiger partial charge in [0.15, 0.2) is 12.4 Å². The van der Waals surface area contributed by atoms with Crippen molar-refractivity contribution in [2.75, 3.05) is 19.0 Å². The van der Waals surface area contributed by atoms with Crippen LogP contribution in [-0.4, -0.2) is 57.9 Å². The number of halogens is 1. The van der Waals surface area contributed by atoms with Crippen LogP contribution in [-0.2, 0) is 17.9 Å². The maximum Gasteiger partial charge on any atom is 0.263 e. The van der Waals surface area contributed by atoms with E-state index in [0.717, 1.165) is 29.3 Å². The third kappa shape index (κ3) is 5.30. The molecule has 1 saturated carbocycles. The monoisotopic (exact) mass is 498 g/mol. The van der Waals surface area contributed by atoms with Crippen LogP contribution in [0.5, 0.6) is 11.8 Å². The summed E-state index contributed by atoms with van der Waals surface area (Å²) < 4.78 is 10.5. The normalized spacial score (nSPS) is 21.8. The van der Waals surface area contributed by atoms with Gasteiger partial charge in [0.2, 0.25) is 5.88 Å². The molecule has 35 heavy (non-hydrogen) atoms. The highest BCUT2D eigenvalue weighted by molar-refractivity contribution is 6.32. The molecule has 10 nitrogen and oxygen atoms in total. The molecule has 1 aromatic carbocycles. The molecule has 1 aliphatic carbocycles. The molecule has 0 radical (unpaired) electrons. The van der Waals surface area contributed by atoms with E-state index in [9.17, 15) is 9.90 Å². The van der Waals surface area contributed by atoms with Crippen LogP contribution >= 0.6 is 11.6 Å². The molecular formula is C24H27ClN6O4. The Balaban J connectivity index is 1.16. The van der Waals surface area contributed by atoms with Gasteiger partial charge in [-0.3, -0.25) is 4.79 Å². The molecule has 1 amide bonds. The molecule has 0 unspecified atom stereocenters. The molecule has 4 N–H and O–H groups in total. The maximum absolute atomic E-state index is 11.5. The summed E-state index contributed by atoms with van der Waals surface area (Å²) in [5, 5.41) is 22.0. The molecule has 11 heteroatoms. The number of nitrogens with one attached hydrogen (secondary N) is 3. The van der Waals surface area contributed by atoms with Crippen LogP contribution in [0.4, 0.5) is 5.82 Å². The van der Waals surface area contributed by atoms with Crippen molar-refractivity contribution in [2.24, 2.45) is 0 Å². The summed E-state index contributed by atoms with van der Waals surface area (Å²) in [6, 6.07) is 7.67. The Morgan fingerprint density at radius 1 is 1.20 bits per heavy atom. The van der Waals surface area contributed by atoms with Crippen molar-refractivity contribution < 1.29 is 19.4 Å². The van der Waals surface area contributed by atoms with Crippen LogP contribution in [0.25, 0.3) is 10.9 Å². The zero-order valence-electron chi connectivity index (χ0n) is 19.3. The maximum atomic E-state index is 11.5. The quantitative estimate of drug-likeness (QED) is 0.387. The molecule has 2 aliphatic rings. The lowest BCUT2D eigenvalue weighted by Crippen LogP contribution is -2.48. The van der Waals surface area contributed by atoms with E-state index < -0.39 is 6.10 Å². The first kappa shape index (κ1) is 23.7. The van der Waals surface area contributed by atoms with Crippen molar-refractivity contribution in [3.05, 3.63) is 46.7 Å². The van der Waals surface area contributed by atoms with Gasteiger partial charge in [0.05, 0.1) is 30.6 Å². The number of aliphatic hydroxyl groups excluding tert-OH is 1. The second-order valence-electron chi connectivity index (χ2n) is 8.75. The molecule has 3 aromatic rings. The van der Waals surface area contributed by atoms with Crippen LogP contribution in [0.1, 0.15) is 30.5 Å². The van der Waals surface area contributed by atoms with Gasteiger partial charge in [-0.25, -0.2) is 15.0 Å². The minimum absolute atomic E-state index is 0.0498. The lowest BCUT2D eigenvalue weighted by molar-refractivity contribution is -0.118. The van der Waals surface area contributed by atoms with Gasteiger partial charge in [0.1, 0.15) is 0 Å². The van der Waals surface area contributed by atoms with Gasteiger partial charge in [-0.2, -0.15) is 0 Å². The second-order valence-corrected chi connectivity index (χ2v) is 9.16. The van der Waals surface area contributed by atoms with E-state index in [-0.39, 0.29) is 24.6 Å². The molecule has 0 saturated heterocycles. The predicted molar refractivity (Wildman–Crippen MR) is 131 cm³/mol. The summed E-state index contributed by atoms with van der Waals surface area (Å²) in [5.41, 5.74) is 2.37. The number of ether oxygens (including phenoxy) is 2. The van der Waals surface area contributed by atoms with Crippen molar-refractivity contribution in [1.29, 1.82) is 0 Å². The summed E-state index contributed by atoms with van der Waals surface area (Å²) in [4.78, 5) is 24.7. The van der Waals surface area contributed by atoms with Crippen molar-refractivity contribution in [1.82, 2.24) is 25.6 Å². The minimum Gasteiger partial charge on any atom is -0.481 e. The number of rotatable bonds is 7. The number of anilines is 1. The number of hydrogen-bond donors (Lipinski definition) is 4. The SMILES string of the molecule is COc1ccc2ccc(Cl)c(CN[C@H]3CC[C@H](NCc4cnc5c(n4)NC(=O)CO5)C[C@H]3O)c2n1. The summed E-state index contributed by atoms with van der Waals surface area (Å²) in [6.45, 7) is 0.922. The van der Waals surface area contributed by atoms with Crippen LogP contribution in [0, 0.1) is 0 Å². The molecule has 2 aromatic heterocycles. The highest BCUT2D eigenvalue weighted by atomic mass is 35.5. The van der Waals surface area contributed by atoms with E-state index in [2.05, 4.69) is 30.9 Å². The van der Waals surface area contributed by atoms with Gasteiger partial charge in [-0.1, -0.05) is 17.7 Å². The molecular weight excluding hydrogens is 472 g/mol. The third-order valence-corrected chi connectivity index (χ3v) is 6.76. The van der Waals surface area contributed by atoms with Crippen LogP contribution in [0.3, 0.4) is 0 Å². The summed E-state index contributed by atoms with van der Waals surface area (Å²) >= 11 is 6.49. The van der Waals surface area contributed by atoms with Crippen molar-refractivity contribution in [2.45, 2.75) is 50.5 Å². The Kier molecular flexibility index (Phi) is 6.96. The fourth-order valence-corrected chi connectivity index (χ4v) is 4.75. The molecule has 3 atom stereocenters. The number of benzene rings is 1. The number of pyridine rings is 1. The van der Waals surface area contributed by atoms with Crippen molar-refractivity contribution in [3.8, 4) is 11.8 Å². The first-order valence-electron chi connectivity index (χ1n) is 11.6. The Morgan fingerprint density at radius 3 is 2.89 bits per heavy atom. The number of methoxy groups -OCH3 is 1. The average Bonchev–Trinajstić information content (AvgIpc) is 2.87.